The number of likely N-dealkylation sites (tertiary alicyclic amines) is 1. The molecule has 0 radical (unpaired) electrons. The van der Waals surface area contributed by atoms with Crippen molar-refractivity contribution < 1.29 is 13.9 Å². The minimum atomic E-state index is -0.0475. The molecule has 0 aliphatic carbocycles. The molecule has 1 fully saturated rings. The van der Waals surface area contributed by atoms with Crippen LogP contribution in [0.15, 0.2) is 59.0 Å². The molecule has 3 aromatic rings. The molecule has 31 heavy (non-hydrogen) atoms. The highest BCUT2D eigenvalue weighted by Gasteiger charge is 2.24. The van der Waals surface area contributed by atoms with Gasteiger partial charge in [-0.15, -0.1) is 0 Å². The fraction of sp³-hybridized carbons (Fsp3) is 0.360. The summed E-state index contributed by atoms with van der Waals surface area (Å²) in [6.45, 7) is 4.52. The lowest BCUT2D eigenvalue weighted by Crippen LogP contribution is -2.37. The number of methoxy groups -OCH3 is 1. The van der Waals surface area contributed by atoms with Crippen molar-refractivity contribution in [3.63, 3.8) is 0 Å². The van der Waals surface area contributed by atoms with E-state index in [1.165, 1.54) is 18.4 Å². The average molecular weight is 420 g/mol. The quantitative estimate of drug-likeness (QED) is 0.594. The molecule has 0 spiro atoms. The summed E-state index contributed by atoms with van der Waals surface area (Å²) in [5.74, 6) is 2.02. The van der Waals surface area contributed by atoms with Crippen molar-refractivity contribution in [3.05, 3.63) is 71.6 Å². The van der Waals surface area contributed by atoms with Crippen molar-refractivity contribution >= 4 is 5.91 Å². The number of benzene rings is 2. The van der Waals surface area contributed by atoms with Gasteiger partial charge in [0.15, 0.2) is 0 Å². The topological polar surface area (TPSA) is 67.6 Å². The third-order valence-electron chi connectivity index (χ3n) is 5.82. The van der Waals surface area contributed by atoms with Gasteiger partial charge in [0, 0.05) is 12.1 Å². The van der Waals surface area contributed by atoms with Crippen LogP contribution in [0.5, 0.6) is 5.75 Å². The number of rotatable bonds is 8. The lowest BCUT2D eigenvalue weighted by Gasteiger charge is -2.28. The molecule has 0 saturated carbocycles. The average Bonchev–Trinajstić information content (AvgIpc) is 3.45. The van der Waals surface area contributed by atoms with Crippen molar-refractivity contribution in [1.29, 1.82) is 0 Å². The van der Waals surface area contributed by atoms with Crippen LogP contribution < -0.4 is 10.1 Å². The van der Waals surface area contributed by atoms with E-state index < -0.39 is 0 Å². The second kappa shape index (κ2) is 9.79. The van der Waals surface area contributed by atoms with Gasteiger partial charge >= 0.3 is 0 Å². The molecule has 162 valence electrons. The summed E-state index contributed by atoms with van der Waals surface area (Å²) in [4.78, 5) is 19.7. The Labute approximate surface area is 183 Å². The van der Waals surface area contributed by atoms with Gasteiger partial charge in [-0.3, -0.25) is 9.69 Å². The molecule has 0 bridgehead atoms. The number of hydrogen-bond donors (Lipinski definition) is 1. The van der Waals surface area contributed by atoms with Gasteiger partial charge in [0.05, 0.1) is 25.3 Å². The number of carbonyl (C=O) groups excluding carboxylic acids is 1. The van der Waals surface area contributed by atoms with E-state index >= 15 is 0 Å². The van der Waals surface area contributed by atoms with Crippen LogP contribution in [-0.4, -0.2) is 42.5 Å². The van der Waals surface area contributed by atoms with E-state index in [4.69, 9.17) is 9.15 Å². The summed E-state index contributed by atoms with van der Waals surface area (Å²) >= 11 is 0. The van der Waals surface area contributed by atoms with E-state index in [0.717, 1.165) is 24.4 Å². The van der Waals surface area contributed by atoms with Crippen LogP contribution in [0.2, 0.25) is 0 Å². The molecule has 1 saturated heterocycles. The van der Waals surface area contributed by atoms with Gasteiger partial charge in [0.1, 0.15) is 11.5 Å². The van der Waals surface area contributed by atoms with E-state index in [2.05, 4.69) is 27.3 Å². The van der Waals surface area contributed by atoms with Gasteiger partial charge in [0.2, 0.25) is 11.8 Å². The highest BCUT2D eigenvalue weighted by molar-refractivity contribution is 5.78. The first-order valence-electron chi connectivity index (χ1n) is 10.8. The van der Waals surface area contributed by atoms with Crippen LogP contribution >= 0.6 is 0 Å². The Morgan fingerprint density at radius 1 is 1.13 bits per heavy atom. The summed E-state index contributed by atoms with van der Waals surface area (Å²) < 4.78 is 11.1. The SMILES string of the molecule is COc1ccc(C(CNC(=O)Cc2nc(-c3ccccc3)oc2C)N2CCCC2)cc1. The molecule has 6 nitrogen and oxygen atoms in total. The smallest absolute Gasteiger partial charge is 0.226 e. The highest BCUT2D eigenvalue weighted by Crippen LogP contribution is 2.26. The van der Waals surface area contributed by atoms with E-state index in [0.29, 0.717) is 23.9 Å². The molecule has 2 aromatic carbocycles. The predicted octanol–water partition coefficient (Wildman–Crippen LogP) is 4.15. The Kier molecular flexibility index (Phi) is 6.67. The second-order valence-electron chi connectivity index (χ2n) is 7.90. The third kappa shape index (κ3) is 5.14. The summed E-state index contributed by atoms with van der Waals surface area (Å²) in [6.07, 6.45) is 2.60. The van der Waals surface area contributed by atoms with Crippen LogP contribution in [-0.2, 0) is 11.2 Å². The molecule has 4 rings (SSSR count). The Bertz CT molecular complexity index is 993. The minimum Gasteiger partial charge on any atom is -0.497 e. The normalized spacial score (nSPS) is 15.0. The minimum absolute atomic E-state index is 0.0475. The standard InChI is InChI=1S/C25H29N3O3/c1-18-22(27-25(31-18)20-8-4-3-5-9-20)16-24(29)26-17-23(28-14-6-7-15-28)19-10-12-21(30-2)13-11-19/h3-5,8-13,23H,6-7,14-17H2,1-2H3,(H,26,29). The van der Waals surface area contributed by atoms with E-state index in [1.54, 1.807) is 7.11 Å². The fourth-order valence-electron chi connectivity index (χ4n) is 4.06. The van der Waals surface area contributed by atoms with Crippen molar-refractivity contribution in [2.24, 2.45) is 0 Å². The van der Waals surface area contributed by atoms with Crippen molar-refractivity contribution in [2.45, 2.75) is 32.2 Å². The van der Waals surface area contributed by atoms with Gasteiger partial charge in [-0.1, -0.05) is 30.3 Å². The molecule has 2 heterocycles. The summed E-state index contributed by atoms with van der Waals surface area (Å²) in [5, 5.41) is 3.12. The Hall–Kier alpha value is -3.12. The molecule has 1 amide bonds. The molecule has 1 atom stereocenters. The highest BCUT2D eigenvalue weighted by atomic mass is 16.5. The van der Waals surface area contributed by atoms with E-state index in [1.807, 2.05) is 49.4 Å². The van der Waals surface area contributed by atoms with E-state index in [9.17, 15) is 4.79 Å². The van der Waals surface area contributed by atoms with Gasteiger partial charge in [-0.25, -0.2) is 4.98 Å². The number of nitrogens with zero attached hydrogens (tertiary/aromatic N) is 2. The Morgan fingerprint density at radius 3 is 2.52 bits per heavy atom. The zero-order valence-electron chi connectivity index (χ0n) is 18.1. The van der Waals surface area contributed by atoms with E-state index in [-0.39, 0.29) is 18.4 Å². The number of aromatic nitrogens is 1. The van der Waals surface area contributed by atoms with Crippen molar-refractivity contribution in [1.82, 2.24) is 15.2 Å². The number of carbonyl (C=O) groups is 1. The van der Waals surface area contributed by atoms with Crippen LogP contribution in [0.3, 0.4) is 0 Å². The van der Waals surface area contributed by atoms with Gasteiger partial charge in [-0.05, 0) is 62.7 Å². The molecular formula is C25H29N3O3. The number of ether oxygens (including phenoxy) is 1. The summed E-state index contributed by atoms with van der Waals surface area (Å²) in [7, 11) is 1.67. The number of nitrogens with one attached hydrogen (secondary N) is 1. The molecule has 1 N–H and O–H groups in total. The maximum Gasteiger partial charge on any atom is 0.226 e. The molecule has 1 unspecified atom stereocenters. The Balaban J connectivity index is 1.41. The number of oxazole rings is 1. The first-order chi connectivity index (χ1) is 15.1. The van der Waals surface area contributed by atoms with Gasteiger partial charge in [-0.2, -0.15) is 0 Å². The second-order valence-corrected chi connectivity index (χ2v) is 7.90. The molecule has 1 aliphatic heterocycles. The van der Waals surface area contributed by atoms with Crippen LogP contribution in [0.4, 0.5) is 0 Å². The maximum atomic E-state index is 12.7. The summed E-state index contributed by atoms with van der Waals surface area (Å²) in [6, 6.07) is 18.0. The molecule has 6 heteroatoms. The van der Waals surface area contributed by atoms with Crippen LogP contribution in [0.25, 0.3) is 11.5 Å². The molecular weight excluding hydrogens is 390 g/mol. The number of aryl methyl sites for hydroxylation is 1. The molecule has 1 aromatic heterocycles. The van der Waals surface area contributed by atoms with Gasteiger partial charge < -0.3 is 14.5 Å². The Morgan fingerprint density at radius 2 is 1.84 bits per heavy atom. The fourth-order valence-corrected chi connectivity index (χ4v) is 4.06. The van der Waals surface area contributed by atoms with Crippen molar-refractivity contribution in [3.8, 4) is 17.2 Å². The molecule has 1 aliphatic rings. The lowest BCUT2D eigenvalue weighted by molar-refractivity contribution is -0.120. The monoisotopic (exact) mass is 419 g/mol. The zero-order chi connectivity index (χ0) is 21.6. The first kappa shape index (κ1) is 21.1. The first-order valence-corrected chi connectivity index (χ1v) is 10.8. The lowest BCUT2D eigenvalue weighted by atomic mass is 10.0. The number of amides is 1. The predicted molar refractivity (Wildman–Crippen MR) is 120 cm³/mol. The maximum absolute atomic E-state index is 12.7. The third-order valence-corrected chi connectivity index (χ3v) is 5.82. The van der Waals surface area contributed by atoms with Gasteiger partial charge in [0.25, 0.3) is 0 Å². The number of hydrogen-bond acceptors (Lipinski definition) is 5. The largest absolute Gasteiger partial charge is 0.497 e. The van der Waals surface area contributed by atoms with Crippen LogP contribution in [0, 0.1) is 6.92 Å². The zero-order valence-corrected chi connectivity index (χ0v) is 18.1. The van der Waals surface area contributed by atoms with Crippen LogP contribution in [0.1, 0.15) is 35.9 Å². The van der Waals surface area contributed by atoms with Crippen molar-refractivity contribution in [2.75, 3.05) is 26.7 Å². The summed E-state index contributed by atoms with van der Waals surface area (Å²) in [5.41, 5.74) is 2.77.